The molecule has 0 amide bonds. The average Bonchev–Trinajstić information content (AvgIpc) is 3.40. The van der Waals surface area contributed by atoms with Crippen LogP contribution in [0.15, 0.2) is 170 Å². The maximum Gasteiger partial charge on any atom is 0.306 e. The number of phosphoric acid groups is 1. The van der Waals surface area contributed by atoms with Crippen LogP contribution in [0.5, 0.6) is 0 Å². The number of quaternary nitrogens is 1. The van der Waals surface area contributed by atoms with Crippen molar-refractivity contribution in [1.82, 2.24) is 0 Å². The van der Waals surface area contributed by atoms with Crippen molar-refractivity contribution in [3.05, 3.63) is 170 Å². The van der Waals surface area contributed by atoms with E-state index in [0.29, 0.717) is 23.9 Å². The van der Waals surface area contributed by atoms with Gasteiger partial charge in [-0.1, -0.05) is 223 Å². The van der Waals surface area contributed by atoms with E-state index in [0.717, 1.165) is 135 Å². The molecule has 9 nitrogen and oxygen atoms in total. The summed E-state index contributed by atoms with van der Waals surface area (Å²) >= 11 is 0. The summed E-state index contributed by atoms with van der Waals surface area (Å²) in [5.74, 6) is -0.901. The number of esters is 2. The third kappa shape index (κ3) is 60.6. The fourth-order valence-corrected chi connectivity index (χ4v) is 7.93. The molecule has 0 aliphatic heterocycles. The van der Waals surface area contributed by atoms with Gasteiger partial charge in [-0.05, 0) is 128 Å². The Morgan fingerprint density at radius 3 is 1.04 bits per heavy atom. The molecule has 0 N–H and O–H groups in total. The monoisotopic (exact) mass is 1100 g/mol. The van der Waals surface area contributed by atoms with E-state index in [-0.39, 0.29) is 26.1 Å². The first-order chi connectivity index (χ1) is 38.0. The van der Waals surface area contributed by atoms with Crippen molar-refractivity contribution < 1.29 is 42.1 Å². The van der Waals surface area contributed by atoms with Gasteiger partial charge in [-0.3, -0.25) is 14.2 Å². The van der Waals surface area contributed by atoms with Crippen molar-refractivity contribution >= 4 is 19.8 Å². The van der Waals surface area contributed by atoms with Gasteiger partial charge in [0, 0.05) is 12.8 Å². The predicted molar refractivity (Wildman–Crippen MR) is 332 cm³/mol. The van der Waals surface area contributed by atoms with Crippen molar-refractivity contribution in [2.24, 2.45) is 0 Å². The van der Waals surface area contributed by atoms with E-state index in [1.165, 1.54) is 19.3 Å². The number of rotatable bonds is 52. The molecule has 2 unspecified atom stereocenters. The summed E-state index contributed by atoms with van der Waals surface area (Å²) in [5, 5.41) is 0. The highest BCUT2D eigenvalue weighted by atomic mass is 31.2. The molecule has 0 spiro atoms. The zero-order valence-electron chi connectivity index (χ0n) is 49.5. The van der Waals surface area contributed by atoms with E-state index in [9.17, 15) is 19.0 Å². The molecule has 438 valence electrons. The van der Waals surface area contributed by atoms with Gasteiger partial charge in [-0.15, -0.1) is 0 Å². The fourth-order valence-electron chi connectivity index (χ4n) is 7.20. The Bertz CT molecular complexity index is 1920. The molecular weight excluding hydrogens is 990 g/mol. The van der Waals surface area contributed by atoms with Gasteiger partial charge in [0.25, 0.3) is 7.82 Å². The lowest BCUT2D eigenvalue weighted by Crippen LogP contribution is -2.37. The van der Waals surface area contributed by atoms with Crippen LogP contribution in [-0.4, -0.2) is 70.0 Å². The number of unbranched alkanes of at least 4 members (excludes halogenated alkanes) is 10. The van der Waals surface area contributed by atoms with Gasteiger partial charge < -0.3 is 27.9 Å². The zero-order valence-corrected chi connectivity index (χ0v) is 50.4. The van der Waals surface area contributed by atoms with Crippen LogP contribution in [0.3, 0.4) is 0 Å². The number of hydrogen-bond acceptors (Lipinski definition) is 8. The van der Waals surface area contributed by atoms with Gasteiger partial charge in [0.15, 0.2) is 6.10 Å². The highest BCUT2D eigenvalue weighted by Gasteiger charge is 2.21. The number of carbonyl (C=O) groups is 2. The molecule has 0 aromatic heterocycles. The Balaban J connectivity index is 4.32. The van der Waals surface area contributed by atoms with Crippen LogP contribution in [0.2, 0.25) is 0 Å². The first kappa shape index (κ1) is 73.4. The van der Waals surface area contributed by atoms with Crippen molar-refractivity contribution in [3.8, 4) is 0 Å². The van der Waals surface area contributed by atoms with Crippen LogP contribution in [-0.2, 0) is 32.7 Å². The van der Waals surface area contributed by atoms with Crippen LogP contribution in [0.4, 0.5) is 0 Å². The molecule has 0 saturated carbocycles. The average molecular weight is 1100 g/mol. The molecule has 0 radical (unpaired) electrons. The number of allylic oxidation sites excluding steroid dienone is 28. The van der Waals surface area contributed by atoms with Gasteiger partial charge in [0.2, 0.25) is 0 Å². The van der Waals surface area contributed by atoms with E-state index in [1.54, 1.807) is 0 Å². The third-order valence-corrected chi connectivity index (χ3v) is 12.7. The number of phosphoric ester groups is 1. The summed E-state index contributed by atoms with van der Waals surface area (Å²) in [5.41, 5.74) is 0. The van der Waals surface area contributed by atoms with Gasteiger partial charge in [0.05, 0.1) is 27.7 Å². The lowest BCUT2D eigenvalue weighted by Gasteiger charge is -2.28. The van der Waals surface area contributed by atoms with E-state index in [1.807, 2.05) is 21.1 Å². The van der Waals surface area contributed by atoms with Gasteiger partial charge in [-0.25, -0.2) is 0 Å². The normalized spacial score (nSPS) is 14.5. The molecule has 0 aromatic rings. The smallest absolute Gasteiger partial charge is 0.306 e. The molecule has 0 fully saturated rings. The highest BCUT2D eigenvalue weighted by Crippen LogP contribution is 2.38. The topological polar surface area (TPSA) is 111 Å². The number of carbonyl (C=O) groups excluding carboxylic acids is 2. The van der Waals surface area contributed by atoms with Crippen molar-refractivity contribution in [2.45, 2.75) is 200 Å². The first-order valence-electron chi connectivity index (χ1n) is 29.8. The van der Waals surface area contributed by atoms with Crippen LogP contribution in [0.25, 0.3) is 0 Å². The lowest BCUT2D eigenvalue weighted by atomic mass is 10.1. The van der Waals surface area contributed by atoms with Gasteiger partial charge in [-0.2, -0.15) is 0 Å². The fraction of sp³-hybridized carbons (Fsp3) is 0.559. The van der Waals surface area contributed by atoms with Crippen LogP contribution >= 0.6 is 7.82 Å². The van der Waals surface area contributed by atoms with Crippen LogP contribution < -0.4 is 4.89 Å². The number of likely N-dealkylation sites (N-methyl/N-ethyl adjacent to an activating group) is 1. The quantitative estimate of drug-likeness (QED) is 0.0195. The lowest BCUT2D eigenvalue weighted by molar-refractivity contribution is -0.870. The maximum absolute atomic E-state index is 12.8. The minimum atomic E-state index is -4.66. The van der Waals surface area contributed by atoms with Gasteiger partial charge >= 0.3 is 11.9 Å². The Morgan fingerprint density at radius 2 is 0.692 bits per heavy atom. The molecule has 0 heterocycles. The maximum atomic E-state index is 12.8. The Hall–Kier alpha value is -4.63. The van der Waals surface area contributed by atoms with Crippen molar-refractivity contribution in [2.75, 3.05) is 47.5 Å². The second-order valence-electron chi connectivity index (χ2n) is 20.2. The first-order valence-corrected chi connectivity index (χ1v) is 31.3. The summed E-state index contributed by atoms with van der Waals surface area (Å²) < 4.78 is 34.1. The molecule has 2 atom stereocenters. The van der Waals surface area contributed by atoms with E-state index < -0.39 is 32.5 Å². The van der Waals surface area contributed by atoms with E-state index in [4.69, 9.17) is 18.5 Å². The van der Waals surface area contributed by atoms with E-state index >= 15 is 0 Å². The molecule has 10 heteroatoms. The molecule has 78 heavy (non-hydrogen) atoms. The molecule has 0 aromatic carbocycles. The largest absolute Gasteiger partial charge is 0.756 e. The predicted octanol–water partition coefficient (Wildman–Crippen LogP) is 18.4. The summed E-state index contributed by atoms with van der Waals surface area (Å²) in [6.45, 7) is 3.93. The molecule has 0 rings (SSSR count). The summed E-state index contributed by atoms with van der Waals surface area (Å²) in [7, 11) is 1.11. The number of hydrogen-bond donors (Lipinski definition) is 0. The third-order valence-electron chi connectivity index (χ3n) is 11.7. The Kier molecular flexibility index (Phi) is 53.7. The molecule has 0 saturated heterocycles. The van der Waals surface area contributed by atoms with Gasteiger partial charge in [0.1, 0.15) is 19.8 Å². The SMILES string of the molecule is CC/C=C\C/C=C\C/C=C\C/C=C\C/C=C\C/C=C\C/C=C\C/C=C\C/C=C\CCCCCC(=O)OC(COC(=O)CCCCCCCCC/C=C\C/C=C\C/C=C\C/C=C\C/C=C\CC)COP(=O)([O-])OCC[N+](C)(C)C. The standard InChI is InChI=1S/C68H108NO8P/c1-6-8-10-12-14-16-18-20-22-24-26-28-30-31-32-33-34-35-36-37-39-41-43-45-47-49-51-53-55-57-59-61-68(71)77-66(65-76-78(72,73)75-63-62-69(3,4)5)64-74-67(70)60-58-56-54-52-50-48-46-44-42-40-38-29-27-25-23-21-19-17-15-13-11-9-7-2/h8-11,14-17,20-23,26-29,31-32,34-35,37,39-40,42-43,45,49,51,66H,6-7,12-13,18-19,24-25,30,33,36,38,41,44,46-48,50,52-65H2,1-5H3/b10-8-,11-9-,16-14-,17-15-,22-20-,23-21-,28-26-,29-27-,32-31-,35-34-,39-37-,42-40-,45-43-,51-49-. The molecule has 0 aliphatic carbocycles. The number of ether oxygens (including phenoxy) is 2. The van der Waals surface area contributed by atoms with Crippen LogP contribution in [0, 0.1) is 0 Å². The van der Waals surface area contributed by atoms with Crippen molar-refractivity contribution in [1.29, 1.82) is 0 Å². The minimum Gasteiger partial charge on any atom is -0.756 e. The van der Waals surface area contributed by atoms with Crippen LogP contribution in [0.1, 0.15) is 194 Å². The second kappa shape index (κ2) is 57.1. The summed E-state index contributed by atoms with van der Waals surface area (Å²) in [6, 6.07) is 0. The summed E-state index contributed by atoms with van der Waals surface area (Å²) in [6.07, 6.45) is 86.8. The van der Waals surface area contributed by atoms with Crippen molar-refractivity contribution in [3.63, 3.8) is 0 Å². The Morgan fingerprint density at radius 1 is 0.397 bits per heavy atom. The number of nitrogens with zero attached hydrogens (tertiary/aromatic N) is 1. The molecule has 0 aliphatic rings. The zero-order chi connectivity index (χ0) is 57.0. The molecular formula is C68H108NO8P. The highest BCUT2D eigenvalue weighted by molar-refractivity contribution is 7.45. The Labute approximate surface area is 477 Å². The minimum absolute atomic E-state index is 0.0504. The van der Waals surface area contributed by atoms with E-state index in [2.05, 4.69) is 184 Å². The molecule has 0 bridgehead atoms. The second-order valence-corrected chi connectivity index (χ2v) is 21.7. The summed E-state index contributed by atoms with van der Waals surface area (Å²) in [4.78, 5) is 37.9.